The van der Waals surface area contributed by atoms with Gasteiger partial charge in [0.2, 0.25) is 0 Å². The van der Waals surface area contributed by atoms with Gasteiger partial charge in [0.15, 0.2) is 0 Å². The van der Waals surface area contributed by atoms with Gasteiger partial charge in [0.1, 0.15) is 12.2 Å². The predicted octanol–water partition coefficient (Wildman–Crippen LogP) is 1.30. The quantitative estimate of drug-likeness (QED) is 0.792. The molecule has 18 heavy (non-hydrogen) atoms. The lowest BCUT2D eigenvalue weighted by Gasteiger charge is -2.39. The Bertz CT molecular complexity index is 379. The Labute approximate surface area is 109 Å². The van der Waals surface area contributed by atoms with Gasteiger partial charge < -0.3 is 14.2 Å². The molecule has 1 aromatic heterocycles. The summed E-state index contributed by atoms with van der Waals surface area (Å²) in [4.78, 5) is 2.50. The van der Waals surface area contributed by atoms with E-state index in [4.69, 9.17) is 4.74 Å². The monoisotopic (exact) mass is 252 g/mol. The molecule has 1 atom stereocenters. The third-order valence-corrected chi connectivity index (χ3v) is 3.91. The standard InChI is InChI=1S/C13H24N4O/c1-4-16-7-5-6-13(2,10-16)12-15-14-11-17(12)8-9-18-3/h11H,4-10H2,1-3H3. The predicted molar refractivity (Wildman–Crippen MR) is 70.6 cm³/mol. The number of likely N-dealkylation sites (tertiary alicyclic amines) is 1. The van der Waals surface area contributed by atoms with E-state index in [1.54, 1.807) is 7.11 Å². The third kappa shape index (κ3) is 2.72. The summed E-state index contributed by atoms with van der Waals surface area (Å²) in [6.45, 7) is 9.47. The second-order valence-electron chi connectivity index (χ2n) is 5.37. The summed E-state index contributed by atoms with van der Waals surface area (Å²) in [5.41, 5.74) is 0.124. The number of hydrogen-bond donors (Lipinski definition) is 0. The molecule has 2 rings (SSSR count). The number of methoxy groups -OCH3 is 1. The molecule has 1 fully saturated rings. The minimum absolute atomic E-state index is 0.124. The van der Waals surface area contributed by atoms with Gasteiger partial charge in [-0.1, -0.05) is 13.8 Å². The molecule has 102 valence electrons. The molecule has 0 saturated carbocycles. The van der Waals surface area contributed by atoms with Crippen molar-refractivity contribution in [1.29, 1.82) is 0 Å². The fraction of sp³-hybridized carbons (Fsp3) is 0.846. The van der Waals surface area contributed by atoms with Crippen LogP contribution in [0.1, 0.15) is 32.5 Å². The van der Waals surface area contributed by atoms with Crippen molar-refractivity contribution in [3.05, 3.63) is 12.2 Å². The van der Waals surface area contributed by atoms with E-state index in [9.17, 15) is 0 Å². The maximum atomic E-state index is 5.15. The van der Waals surface area contributed by atoms with Crippen LogP contribution in [0.2, 0.25) is 0 Å². The van der Waals surface area contributed by atoms with Crippen molar-refractivity contribution in [2.75, 3.05) is 33.4 Å². The van der Waals surface area contributed by atoms with Gasteiger partial charge in [-0.15, -0.1) is 10.2 Å². The molecule has 1 unspecified atom stereocenters. The number of hydrogen-bond acceptors (Lipinski definition) is 4. The molecule has 0 N–H and O–H groups in total. The highest BCUT2D eigenvalue weighted by Crippen LogP contribution is 2.32. The molecule has 1 aliphatic heterocycles. The number of piperidine rings is 1. The lowest BCUT2D eigenvalue weighted by atomic mass is 9.81. The van der Waals surface area contributed by atoms with Gasteiger partial charge in [-0.25, -0.2) is 0 Å². The molecule has 5 nitrogen and oxygen atoms in total. The molecule has 0 amide bonds. The SMILES string of the molecule is CCN1CCCC(C)(c2nncn2CCOC)C1. The Balaban J connectivity index is 2.15. The molecule has 1 aromatic rings. The first-order valence-corrected chi connectivity index (χ1v) is 6.79. The zero-order valence-electron chi connectivity index (χ0n) is 11.7. The van der Waals surface area contributed by atoms with Gasteiger partial charge in [0.25, 0.3) is 0 Å². The maximum Gasteiger partial charge on any atom is 0.140 e. The molecule has 1 aliphatic rings. The van der Waals surface area contributed by atoms with Gasteiger partial charge >= 0.3 is 0 Å². The van der Waals surface area contributed by atoms with Gasteiger partial charge in [-0.3, -0.25) is 0 Å². The fourth-order valence-corrected chi connectivity index (χ4v) is 2.87. The summed E-state index contributed by atoms with van der Waals surface area (Å²) in [6.07, 6.45) is 4.25. The normalized spacial score (nSPS) is 25.5. The molecule has 0 bridgehead atoms. The Morgan fingerprint density at radius 3 is 3.06 bits per heavy atom. The van der Waals surface area contributed by atoms with Crippen LogP contribution in [0.15, 0.2) is 6.33 Å². The number of likely N-dealkylation sites (N-methyl/N-ethyl adjacent to an activating group) is 1. The first-order valence-electron chi connectivity index (χ1n) is 6.79. The third-order valence-electron chi connectivity index (χ3n) is 3.91. The van der Waals surface area contributed by atoms with Crippen molar-refractivity contribution < 1.29 is 4.74 Å². The van der Waals surface area contributed by atoms with E-state index in [0.717, 1.165) is 25.5 Å². The summed E-state index contributed by atoms with van der Waals surface area (Å²) in [5, 5.41) is 8.45. The summed E-state index contributed by atoms with van der Waals surface area (Å²) in [5.74, 6) is 1.11. The molecular weight excluding hydrogens is 228 g/mol. The van der Waals surface area contributed by atoms with Crippen molar-refractivity contribution in [2.24, 2.45) is 0 Å². The van der Waals surface area contributed by atoms with E-state index < -0.39 is 0 Å². The average molecular weight is 252 g/mol. The van der Waals surface area contributed by atoms with Crippen LogP contribution in [0.5, 0.6) is 0 Å². The summed E-state index contributed by atoms with van der Waals surface area (Å²) in [6, 6.07) is 0. The van der Waals surface area contributed by atoms with Crippen LogP contribution in [-0.4, -0.2) is 53.0 Å². The number of rotatable bonds is 5. The molecule has 1 saturated heterocycles. The zero-order chi connectivity index (χ0) is 13.0. The van der Waals surface area contributed by atoms with Gasteiger partial charge in [-0.2, -0.15) is 0 Å². The molecule has 0 aliphatic carbocycles. The minimum Gasteiger partial charge on any atom is -0.383 e. The molecule has 0 spiro atoms. The van der Waals surface area contributed by atoms with Crippen molar-refractivity contribution in [3.63, 3.8) is 0 Å². The van der Waals surface area contributed by atoms with E-state index in [2.05, 4.69) is 33.5 Å². The molecule has 0 aromatic carbocycles. The Morgan fingerprint density at radius 2 is 2.33 bits per heavy atom. The largest absolute Gasteiger partial charge is 0.383 e. The van der Waals surface area contributed by atoms with Crippen molar-refractivity contribution in [3.8, 4) is 0 Å². The zero-order valence-corrected chi connectivity index (χ0v) is 11.7. The number of ether oxygens (including phenoxy) is 1. The molecule has 5 heteroatoms. The van der Waals surface area contributed by atoms with Crippen LogP contribution >= 0.6 is 0 Å². The smallest absolute Gasteiger partial charge is 0.140 e. The minimum atomic E-state index is 0.124. The summed E-state index contributed by atoms with van der Waals surface area (Å²) in [7, 11) is 1.73. The highest BCUT2D eigenvalue weighted by atomic mass is 16.5. The van der Waals surface area contributed by atoms with Gasteiger partial charge in [-0.05, 0) is 25.9 Å². The second kappa shape index (κ2) is 5.80. The van der Waals surface area contributed by atoms with E-state index in [1.165, 1.54) is 19.4 Å². The second-order valence-corrected chi connectivity index (χ2v) is 5.37. The van der Waals surface area contributed by atoms with Crippen molar-refractivity contribution in [2.45, 2.75) is 38.6 Å². The first kappa shape index (κ1) is 13.5. The van der Waals surface area contributed by atoms with Crippen molar-refractivity contribution >= 4 is 0 Å². The molecular formula is C13H24N4O. The van der Waals surface area contributed by atoms with E-state index in [0.29, 0.717) is 6.61 Å². The molecule has 0 radical (unpaired) electrons. The topological polar surface area (TPSA) is 43.2 Å². The van der Waals surface area contributed by atoms with E-state index >= 15 is 0 Å². The van der Waals surface area contributed by atoms with Crippen molar-refractivity contribution in [1.82, 2.24) is 19.7 Å². The average Bonchev–Trinajstić information content (AvgIpc) is 2.85. The lowest BCUT2D eigenvalue weighted by Crippen LogP contribution is -2.45. The number of aromatic nitrogens is 3. The summed E-state index contributed by atoms with van der Waals surface area (Å²) < 4.78 is 7.29. The van der Waals surface area contributed by atoms with E-state index in [-0.39, 0.29) is 5.41 Å². The van der Waals surface area contributed by atoms with Gasteiger partial charge in [0, 0.05) is 25.6 Å². The van der Waals surface area contributed by atoms with Crippen LogP contribution in [0.4, 0.5) is 0 Å². The van der Waals surface area contributed by atoms with Crippen LogP contribution in [0.25, 0.3) is 0 Å². The van der Waals surface area contributed by atoms with Crippen LogP contribution in [0, 0.1) is 0 Å². The van der Waals surface area contributed by atoms with Gasteiger partial charge in [0.05, 0.1) is 6.61 Å². The summed E-state index contributed by atoms with van der Waals surface area (Å²) >= 11 is 0. The van der Waals surface area contributed by atoms with Crippen LogP contribution < -0.4 is 0 Å². The highest BCUT2D eigenvalue weighted by Gasteiger charge is 2.36. The Morgan fingerprint density at radius 1 is 1.50 bits per heavy atom. The Hall–Kier alpha value is -0.940. The first-order chi connectivity index (χ1) is 8.69. The van der Waals surface area contributed by atoms with Crippen LogP contribution in [0.3, 0.4) is 0 Å². The highest BCUT2D eigenvalue weighted by molar-refractivity contribution is 5.09. The van der Waals surface area contributed by atoms with E-state index in [1.807, 2.05) is 6.33 Å². The maximum absolute atomic E-state index is 5.15. The van der Waals surface area contributed by atoms with Crippen LogP contribution in [-0.2, 0) is 16.7 Å². The number of nitrogens with zero attached hydrogens (tertiary/aromatic N) is 4. The molecule has 2 heterocycles. The lowest BCUT2D eigenvalue weighted by molar-refractivity contribution is 0.149. The fourth-order valence-electron chi connectivity index (χ4n) is 2.87. The Kier molecular flexibility index (Phi) is 4.35.